The van der Waals surface area contributed by atoms with E-state index in [4.69, 9.17) is 4.74 Å². The number of fused-ring (bicyclic) bond motifs is 1. The van der Waals surface area contributed by atoms with Gasteiger partial charge in [0, 0.05) is 49.4 Å². The number of pyridine rings is 1. The van der Waals surface area contributed by atoms with Crippen molar-refractivity contribution >= 4 is 17.4 Å². The van der Waals surface area contributed by atoms with Gasteiger partial charge in [0.15, 0.2) is 0 Å². The Labute approximate surface area is 176 Å². The number of benzene rings is 1. The molecule has 2 aliphatic heterocycles. The first-order valence-corrected chi connectivity index (χ1v) is 10.6. The van der Waals surface area contributed by atoms with E-state index in [1.54, 1.807) is 6.20 Å². The molecule has 2 aliphatic rings. The summed E-state index contributed by atoms with van der Waals surface area (Å²) in [5, 5.41) is 2.96. The van der Waals surface area contributed by atoms with Gasteiger partial charge >= 0.3 is 0 Å². The number of carbonyl (C=O) groups excluding carboxylic acids is 2. The fourth-order valence-corrected chi connectivity index (χ4v) is 4.01. The molecule has 1 N–H and O–H groups in total. The molecule has 1 aromatic heterocycles. The Morgan fingerprint density at radius 2 is 2.10 bits per heavy atom. The van der Waals surface area contributed by atoms with Crippen LogP contribution in [0.4, 0.5) is 0 Å². The molecule has 1 amide bonds. The number of hydrogen-bond acceptors (Lipinski definition) is 5. The van der Waals surface area contributed by atoms with Crippen LogP contribution in [0.25, 0.3) is 0 Å². The van der Waals surface area contributed by atoms with E-state index in [1.165, 1.54) is 5.56 Å². The Kier molecular flexibility index (Phi) is 6.33. The van der Waals surface area contributed by atoms with Crippen molar-refractivity contribution in [2.24, 2.45) is 10.9 Å². The molecule has 0 bridgehead atoms. The standard InChI is InChI=1S/C24H27N3O3/c1-16(18-5-3-2-4-6-18)9-21(28)11-20-10-19-13-26-23(22(19)14-25-20)24(29)27-12-17-7-8-30-15-17/h2-6,10,14,16-17H,7-9,11-13,15H2,1H3,(H,27,29)/t16-,17?/m0/s1. The number of ketones is 1. The average Bonchev–Trinajstić information content (AvgIpc) is 3.42. The first-order chi connectivity index (χ1) is 14.6. The zero-order chi connectivity index (χ0) is 20.9. The highest BCUT2D eigenvalue weighted by Gasteiger charge is 2.25. The highest BCUT2D eigenvalue weighted by Crippen LogP contribution is 2.22. The molecule has 0 spiro atoms. The van der Waals surface area contributed by atoms with Crippen LogP contribution in [0.2, 0.25) is 0 Å². The summed E-state index contributed by atoms with van der Waals surface area (Å²) < 4.78 is 5.35. The van der Waals surface area contributed by atoms with Crippen LogP contribution in [0.1, 0.15) is 48.1 Å². The van der Waals surface area contributed by atoms with Crippen molar-refractivity contribution in [1.82, 2.24) is 10.3 Å². The topological polar surface area (TPSA) is 80.7 Å². The summed E-state index contributed by atoms with van der Waals surface area (Å²) in [5.74, 6) is 0.551. The van der Waals surface area contributed by atoms with Gasteiger partial charge in [0.25, 0.3) is 5.91 Å². The summed E-state index contributed by atoms with van der Waals surface area (Å²) in [5.41, 5.74) is 4.06. The molecule has 1 saturated heterocycles. The number of amides is 1. The van der Waals surface area contributed by atoms with Gasteiger partial charge in [-0.3, -0.25) is 19.6 Å². The maximum absolute atomic E-state index is 12.5. The van der Waals surface area contributed by atoms with Gasteiger partial charge in [-0.25, -0.2) is 0 Å². The number of nitrogens with zero attached hydrogens (tertiary/aromatic N) is 2. The molecule has 1 aromatic carbocycles. The summed E-state index contributed by atoms with van der Waals surface area (Å²) in [4.78, 5) is 33.9. The Balaban J connectivity index is 1.33. The predicted octanol–water partition coefficient (Wildman–Crippen LogP) is 2.84. The molecule has 6 heteroatoms. The van der Waals surface area contributed by atoms with Crippen molar-refractivity contribution in [3.05, 3.63) is 65.0 Å². The molecule has 2 atom stereocenters. The van der Waals surface area contributed by atoms with Crippen LogP contribution in [0.5, 0.6) is 0 Å². The molecule has 0 saturated carbocycles. The third kappa shape index (κ3) is 4.82. The average molecular weight is 405 g/mol. The molecule has 3 heterocycles. The number of carbonyl (C=O) groups is 2. The molecule has 1 fully saturated rings. The van der Waals surface area contributed by atoms with Crippen molar-refractivity contribution in [1.29, 1.82) is 0 Å². The van der Waals surface area contributed by atoms with Crippen LogP contribution >= 0.6 is 0 Å². The zero-order valence-corrected chi connectivity index (χ0v) is 17.3. The highest BCUT2D eigenvalue weighted by atomic mass is 16.5. The third-order valence-corrected chi connectivity index (χ3v) is 5.78. The molecule has 6 nitrogen and oxygen atoms in total. The maximum atomic E-state index is 12.5. The van der Waals surface area contributed by atoms with Crippen molar-refractivity contribution in [3.63, 3.8) is 0 Å². The quantitative estimate of drug-likeness (QED) is 0.732. The Morgan fingerprint density at radius 3 is 2.87 bits per heavy atom. The Morgan fingerprint density at radius 1 is 1.27 bits per heavy atom. The molecular weight excluding hydrogens is 378 g/mol. The lowest BCUT2D eigenvalue weighted by Gasteiger charge is -2.11. The van der Waals surface area contributed by atoms with Crippen LogP contribution < -0.4 is 5.32 Å². The summed E-state index contributed by atoms with van der Waals surface area (Å²) in [6.07, 6.45) is 3.44. The van der Waals surface area contributed by atoms with E-state index in [0.29, 0.717) is 44.2 Å². The lowest BCUT2D eigenvalue weighted by Crippen LogP contribution is -2.35. The van der Waals surface area contributed by atoms with Crippen molar-refractivity contribution < 1.29 is 14.3 Å². The summed E-state index contributed by atoms with van der Waals surface area (Å²) in [7, 11) is 0. The predicted molar refractivity (Wildman–Crippen MR) is 115 cm³/mol. The number of Topliss-reactive ketones (excluding diaryl/α,β-unsaturated/α-hetero) is 1. The van der Waals surface area contributed by atoms with E-state index in [0.717, 1.165) is 29.8 Å². The molecule has 4 rings (SSSR count). The second kappa shape index (κ2) is 9.30. The van der Waals surface area contributed by atoms with E-state index in [-0.39, 0.29) is 17.6 Å². The number of aliphatic imine (C=N–C) groups is 1. The van der Waals surface area contributed by atoms with Gasteiger partial charge in [-0.05, 0) is 29.5 Å². The van der Waals surface area contributed by atoms with Crippen LogP contribution in [0, 0.1) is 5.92 Å². The molecule has 30 heavy (non-hydrogen) atoms. The van der Waals surface area contributed by atoms with E-state index in [1.807, 2.05) is 24.3 Å². The van der Waals surface area contributed by atoms with Crippen LogP contribution in [-0.4, -0.2) is 42.1 Å². The number of nitrogens with one attached hydrogen (secondary N) is 1. The van der Waals surface area contributed by atoms with Crippen LogP contribution in [-0.2, 0) is 27.3 Å². The Bertz CT molecular complexity index is 949. The number of rotatable bonds is 8. The van der Waals surface area contributed by atoms with Gasteiger partial charge in [0.2, 0.25) is 0 Å². The Hall–Kier alpha value is -2.86. The first-order valence-electron chi connectivity index (χ1n) is 10.6. The minimum Gasteiger partial charge on any atom is -0.381 e. The molecular formula is C24H27N3O3. The van der Waals surface area contributed by atoms with E-state index in [9.17, 15) is 9.59 Å². The van der Waals surface area contributed by atoms with E-state index in [2.05, 4.69) is 34.3 Å². The molecule has 1 unspecified atom stereocenters. The van der Waals surface area contributed by atoms with Crippen LogP contribution in [0.3, 0.4) is 0 Å². The van der Waals surface area contributed by atoms with Gasteiger partial charge in [-0.15, -0.1) is 0 Å². The lowest BCUT2D eigenvalue weighted by molar-refractivity contribution is -0.118. The van der Waals surface area contributed by atoms with E-state index >= 15 is 0 Å². The minimum atomic E-state index is -0.164. The summed E-state index contributed by atoms with van der Waals surface area (Å²) in [6.45, 7) is 4.59. The second-order valence-electron chi connectivity index (χ2n) is 8.17. The second-order valence-corrected chi connectivity index (χ2v) is 8.17. The summed E-state index contributed by atoms with van der Waals surface area (Å²) >= 11 is 0. The van der Waals surface area contributed by atoms with Gasteiger partial charge < -0.3 is 10.1 Å². The van der Waals surface area contributed by atoms with Crippen LogP contribution in [0.15, 0.2) is 47.6 Å². The van der Waals surface area contributed by atoms with Crippen molar-refractivity contribution in [2.45, 2.75) is 38.6 Å². The SMILES string of the molecule is C[C@@H](CC(=O)Cc1cc2c(cn1)C(C(=O)NCC1CCOC1)=NC2)c1ccccc1. The number of aromatic nitrogens is 1. The largest absolute Gasteiger partial charge is 0.381 e. The van der Waals surface area contributed by atoms with Gasteiger partial charge in [-0.2, -0.15) is 0 Å². The van der Waals surface area contributed by atoms with Crippen molar-refractivity contribution in [2.75, 3.05) is 19.8 Å². The van der Waals surface area contributed by atoms with E-state index < -0.39 is 0 Å². The molecule has 2 aromatic rings. The summed E-state index contributed by atoms with van der Waals surface area (Å²) in [6, 6.07) is 12.0. The number of hydrogen-bond donors (Lipinski definition) is 1. The molecule has 0 radical (unpaired) electrons. The fraction of sp³-hybridized carbons (Fsp3) is 0.417. The zero-order valence-electron chi connectivity index (χ0n) is 17.3. The number of ether oxygens (including phenoxy) is 1. The third-order valence-electron chi connectivity index (χ3n) is 5.78. The fourth-order valence-electron chi connectivity index (χ4n) is 4.01. The molecule has 0 aliphatic carbocycles. The van der Waals surface area contributed by atoms with Gasteiger partial charge in [-0.1, -0.05) is 37.3 Å². The minimum absolute atomic E-state index is 0.162. The highest BCUT2D eigenvalue weighted by molar-refractivity contribution is 6.46. The maximum Gasteiger partial charge on any atom is 0.270 e. The van der Waals surface area contributed by atoms with Crippen molar-refractivity contribution in [3.8, 4) is 0 Å². The van der Waals surface area contributed by atoms with Gasteiger partial charge in [0.05, 0.1) is 13.2 Å². The molecule has 156 valence electrons. The van der Waals surface area contributed by atoms with Gasteiger partial charge in [0.1, 0.15) is 11.5 Å². The monoisotopic (exact) mass is 405 g/mol. The first kappa shape index (κ1) is 20.4. The smallest absolute Gasteiger partial charge is 0.270 e. The lowest BCUT2D eigenvalue weighted by atomic mass is 9.94. The normalized spacial score (nSPS) is 18.6.